The zero-order valence-electron chi connectivity index (χ0n) is 53.3. The first-order valence-electron chi connectivity index (χ1n) is 32.4. The molecule has 91 heavy (non-hydrogen) atoms. The first-order valence-corrected chi connectivity index (χ1v) is 34.3. The average Bonchev–Trinajstić information content (AvgIpc) is 0.981. The molecule has 7 aromatic carbocycles. The van der Waals surface area contributed by atoms with Gasteiger partial charge >= 0.3 is 11.9 Å². The number of esters is 2. The van der Waals surface area contributed by atoms with E-state index in [1.54, 1.807) is 24.3 Å². The van der Waals surface area contributed by atoms with Crippen LogP contribution in [0, 0.1) is 0 Å². The lowest BCUT2D eigenvalue weighted by Gasteiger charge is -2.48. The number of aliphatic hydroxyl groups is 1. The molecule has 10 atom stereocenters. The van der Waals surface area contributed by atoms with Crippen LogP contribution in [0.5, 0.6) is 0 Å². The van der Waals surface area contributed by atoms with E-state index in [1.165, 1.54) is 7.11 Å². The molecule has 0 radical (unpaired) electrons. The van der Waals surface area contributed by atoms with Gasteiger partial charge in [-0.05, 0) is 62.6 Å². The molecule has 0 aromatic heterocycles. The van der Waals surface area contributed by atoms with Crippen LogP contribution in [0.15, 0.2) is 212 Å². The summed E-state index contributed by atoms with van der Waals surface area (Å²) in [7, 11) is -1.76. The van der Waals surface area contributed by atoms with Gasteiger partial charge in [0.25, 0.3) is 8.32 Å². The first-order chi connectivity index (χ1) is 44.5. The Morgan fingerprint density at radius 1 is 0.429 bits per heavy atom. The number of methoxy groups -OCH3 is 1. The van der Waals surface area contributed by atoms with Crippen LogP contribution in [0.3, 0.4) is 0 Å². The van der Waals surface area contributed by atoms with Crippen molar-refractivity contribution in [3.8, 4) is 0 Å². The highest BCUT2D eigenvalue weighted by molar-refractivity contribution is 6.99. The van der Waals surface area contributed by atoms with E-state index in [0.29, 0.717) is 18.6 Å². The minimum Gasteiger partial charge on any atom is -0.469 e. The minimum absolute atomic E-state index is 0.0471. The second kappa shape index (κ2) is 35.9. The van der Waals surface area contributed by atoms with E-state index >= 15 is 0 Å². The molecule has 2 aliphatic rings. The van der Waals surface area contributed by atoms with Gasteiger partial charge < -0.3 is 56.9 Å². The molecule has 2 saturated heterocycles. The van der Waals surface area contributed by atoms with Crippen LogP contribution < -0.4 is 10.4 Å². The van der Waals surface area contributed by atoms with Crippen LogP contribution in [0.25, 0.3) is 0 Å². The van der Waals surface area contributed by atoms with Crippen LogP contribution in [0.2, 0.25) is 5.04 Å². The van der Waals surface area contributed by atoms with Gasteiger partial charge in [0.15, 0.2) is 18.7 Å². The quantitative estimate of drug-likeness (QED) is 0.0227. The standard InChI is InChI=1S/C76H92O14Si/c1-76(2,3)91(62-45-29-17-30-46-62,63-47-31-18-32-48-63)87-56-65-68(82-51-57-35-19-12-20-36-57)70(84-53-59-39-23-14-24-40-59)67(78)74(88-65)86-55-64-69(83-52-58-37-21-13-22-38-58)71(85-54-60-41-25-15-26-42-60)72(90-73(79)61-43-27-16-28-44-61)75(89-64)81-50-34-11-9-7-5-6-8-10-33-49-66(77)80-4/h12-32,35-48,64-65,67-72,74-75,78H,5-11,33-34,49-56H2,1-4H3/t64-,65-,67-,68+,69+,70-,71+,72-,74-,75-/m1/s1. The molecule has 0 spiro atoms. The zero-order valence-corrected chi connectivity index (χ0v) is 54.3. The van der Waals surface area contributed by atoms with Crippen molar-refractivity contribution < 1.29 is 66.5 Å². The van der Waals surface area contributed by atoms with Crippen LogP contribution in [-0.2, 0) is 83.0 Å². The van der Waals surface area contributed by atoms with Gasteiger partial charge in [-0.3, -0.25) is 4.79 Å². The molecule has 15 heteroatoms. The molecule has 2 aliphatic heterocycles. The number of hydrogen-bond acceptors (Lipinski definition) is 14. The van der Waals surface area contributed by atoms with Gasteiger partial charge in [-0.1, -0.05) is 266 Å². The molecule has 1 N–H and O–H groups in total. The summed E-state index contributed by atoms with van der Waals surface area (Å²) in [5.74, 6) is -0.736. The van der Waals surface area contributed by atoms with Gasteiger partial charge in [0.2, 0.25) is 0 Å². The molecular formula is C76H92O14Si. The van der Waals surface area contributed by atoms with Crippen molar-refractivity contribution in [2.45, 2.75) is 178 Å². The highest BCUT2D eigenvalue weighted by Gasteiger charge is 2.55. The Morgan fingerprint density at radius 3 is 1.27 bits per heavy atom. The summed E-state index contributed by atoms with van der Waals surface area (Å²) in [5.41, 5.74) is 3.99. The number of unbranched alkanes of at least 4 members (excludes halogenated alkanes) is 8. The van der Waals surface area contributed by atoms with Gasteiger partial charge in [-0.15, -0.1) is 0 Å². The Balaban J connectivity index is 1.04. The van der Waals surface area contributed by atoms with Crippen molar-refractivity contribution in [3.63, 3.8) is 0 Å². The second-order valence-corrected chi connectivity index (χ2v) is 28.8. The maximum atomic E-state index is 14.4. The summed E-state index contributed by atoms with van der Waals surface area (Å²) in [6.07, 6.45) is -1.26. The third-order valence-corrected chi connectivity index (χ3v) is 21.9. The van der Waals surface area contributed by atoms with Gasteiger partial charge in [-0.25, -0.2) is 4.79 Å². The highest BCUT2D eigenvalue weighted by Crippen LogP contribution is 2.39. The van der Waals surface area contributed by atoms with Crippen LogP contribution in [0.1, 0.15) is 118 Å². The van der Waals surface area contributed by atoms with Crippen molar-refractivity contribution in [2.24, 2.45) is 0 Å². The maximum Gasteiger partial charge on any atom is 0.338 e. The molecule has 7 aromatic rings. The molecular weight excluding hydrogens is 1160 g/mol. The van der Waals surface area contributed by atoms with Crippen molar-refractivity contribution in [2.75, 3.05) is 26.9 Å². The summed E-state index contributed by atoms with van der Waals surface area (Å²) in [5, 5.41) is 14.7. The lowest BCUT2D eigenvalue weighted by Crippen LogP contribution is -2.68. The smallest absolute Gasteiger partial charge is 0.338 e. The molecule has 9 rings (SSSR count). The lowest BCUT2D eigenvalue weighted by molar-refractivity contribution is -0.343. The van der Waals surface area contributed by atoms with E-state index in [2.05, 4.69) is 69.3 Å². The number of hydrogen-bond donors (Lipinski definition) is 1. The van der Waals surface area contributed by atoms with E-state index in [9.17, 15) is 14.7 Å². The minimum atomic E-state index is -3.19. The van der Waals surface area contributed by atoms with Gasteiger partial charge in [-0.2, -0.15) is 0 Å². The van der Waals surface area contributed by atoms with Crippen LogP contribution in [-0.4, -0.2) is 114 Å². The summed E-state index contributed by atoms with van der Waals surface area (Å²) in [6, 6.07) is 69.1. The molecule has 0 saturated carbocycles. The van der Waals surface area contributed by atoms with Gasteiger partial charge in [0, 0.05) is 13.0 Å². The predicted octanol–water partition coefficient (Wildman–Crippen LogP) is 13.0. The van der Waals surface area contributed by atoms with E-state index in [-0.39, 0.29) is 50.6 Å². The fourth-order valence-electron chi connectivity index (χ4n) is 12.1. The van der Waals surface area contributed by atoms with Crippen molar-refractivity contribution in [1.29, 1.82) is 0 Å². The number of carbonyl (C=O) groups is 2. The number of ether oxygens (including phenoxy) is 10. The van der Waals surface area contributed by atoms with E-state index in [0.717, 1.165) is 90.4 Å². The third-order valence-electron chi connectivity index (χ3n) is 16.9. The zero-order chi connectivity index (χ0) is 63.5. The molecule has 0 unspecified atom stereocenters. The second-order valence-electron chi connectivity index (χ2n) is 24.5. The predicted molar refractivity (Wildman–Crippen MR) is 353 cm³/mol. The first kappa shape index (κ1) is 68.7. The van der Waals surface area contributed by atoms with Crippen LogP contribution in [0.4, 0.5) is 0 Å². The Kier molecular flexibility index (Phi) is 27.1. The van der Waals surface area contributed by atoms with Crippen molar-refractivity contribution in [1.82, 2.24) is 0 Å². The average molecular weight is 1260 g/mol. The molecule has 0 amide bonds. The molecule has 2 heterocycles. The Hall–Kier alpha value is -6.70. The maximum absolute atomic E-state index is 14.4. The Morgan fingerprint density at radius 2 is 0.813 bits per heavy atom. The third kappa shape index (κ3) is 19.9. The Labute approximate surface area is 539 Å². The SMILES string of the molecule is COC(=O)CCCCCCCCCCCO[C@@H]1O[C@H](CO[C@@H]2O[C@H](CO[Si](c3ccccc3)(c3ccccc3)C(C)(C)C)[C@H](OCc3ccccc3)[C@H](OCc3ccccc3)[C@H]2O)[C@H](OCc2ccccc2)[C@H](OCc2ccccc2)[C@H]1OC(=O)c1ccccc1. The highest BCUT2D eigenvalue weighted by atomic mass is 28.4. The fraction of sp³-hybridized carbons (Fsp3) is 0.421. The van der Waals surface area contributed by atoms with Crippen LogP contribution >= 0.6 is 0 Å². The largest absolute Gasteiger partial charge is 0.469 e. The molecule has 0 bridgehead atoms. The van der Waals surface area contributed by atoms with Gasteiger partial charge in [0.05, 0.1) is 52.3 Å². The summed E-state index contributed by atoms with van der Waals surface area (Å²) < 4.78 is 74.8. The molecule has 484 valence electrons. The van der Waals surface area contributed by atoms with E-state index in [4.69, 9.17) is 51.8 Å². The number of benzene rings is 7. The summed E-state index contributed by atoms with van der Waals surface area (Å²) in [4.78, 5) is 25.9. The number of aliphatic hydroxyl groups excluding tert-OH is 1. The monoisotopic (exact) mass is 1260 g/mol. The Bertz CT molecular complexity index is 3100. The number of rotatable bonds is 35. The van der Waals surface area contributed by atoms with Crippen molar-refractivity contribution in [3.05, 3.63) is 240 Å². The molecule has 14 nitrogen and oxygen atoms in total. The fourth-order valence-corrected chi connectivity index (χ4v) is 16.7. The van der Waals surface area contributed by atoms with E-state index in [1.807, 2.05) is 140 Å². The summed E-state index contributed by atoms with van der Waals surface area (Å²) >= 11 is 0. The topological polar surface area (TPSA) is 156 Å². The molecule has 0 aliphatic carbocycles. The van der Waals surface area contributed by atoms with E-state index < -0.39 is 75.7 Å². The molecule has 2 fully saturated rings. The normalized spacial score (nSPS) is 21.9. The summed E-state index contributed by atoms with van der Waals surface area (Å²) in [6.45, 7) is 7.50. The van der Waals surface area contributed by atoms with Gasteiger partial charge in [0.1, 0.15) is 42.7 Å². The lowest BCUT2D eigenvalue weighted by atomic mass is 9.97. The number of carbonyl (C=O) groups excluding carboxylic acids is 2. The van der Waals surface area contributed by atoms with Crippen molar-refractivity contribution >= 4 is 30.6 Å².